The van der Waals surface area contributed by atoms with E-state index in [-0.39, 0.29) is 5.91 Å². The fourth-order valence-corrected chi connectivity index (χ4v) is 4.43. The van der Waals surface area contributed by atoms with E-state index in [1.807, 2.05) is 28.8 Å². The lowest BCUT2D eigenvalue weighted by atomic mass is 10.1. The summed E-state index contributed by atoms with van der Waals surface area (Å²) in [7, 11) is 0. The molecule has 0 bridgehead atoms. The molecule has 31 heavy (non-hydrogen) atoms. The van der Waals surface area contributed by atoms with Crippen molar-refractivity contribution in [3.63, 3.8) is 0 Å². The van der Waals surface area contributed by atoms with Crippen LogP contribution in [0.25, 0.3) is 17.1 Å². The van der Waals surface area contributed by atoms with Gasteiger partial charge in [-0.15, -0.1) is 10.2 Å². The van der Waals surface area contributed by atoms with Gasteiger partial charge in [0.2, 0.25) is 5.91 Å². The maximum Gasteiger partial charge on any atom is 0.220 e. The second-order valence-corrected chi connectivity index (χ2v) is 9.63. The van der Waals surface area contributed by atoms with E-state index in [1.165, 1.54) is 5.56 Å². The van der Waals surface area contributed by atoms with Crippen LogP contribution in [-0.4, -0.2) is 32.5 Å². The highest BCUT2D eigenvalue weighted by Crippen LogP contribution is 2.32. The van der Waals surface area contributed by atoms with E-state index in [0.29, 0.717) is 22.5 Å². The number of rotatable bonds is 9. The first kappa shape index (κ1) is 22.2. The number of halogens is 2. The van der Waals surface area contributed by atoms with Gasteiger partial charge in [0.15, 0.2) is 11.0 Å². The van der Waals surface area contributed by atoms with Crippen molar-refractivity contribution in [1.82, 2.24) is 20.1 Å². The Labute approximate surface area is 196 Å². The molecule has 1 aromatic heterocycles. The highest BCUT2D eigenvalue weighted by Gasteiger charge is 2.22. The molecule has 1 aliphatic carbocycles. The molecule has 0 atom stereocenters. The van der Waals surface area contributed by atoms with E-state index >= 15 is 0 Å². The summed E-state index contributed by atoms with van der Waals surface area (Å²) in [5.41, 5.74) is 3.03. The summed E-state index contributed by atoms with van der Waals surface area (Å²) >= 11 is 14.0. The van der Waals surface area contributed by atoms with Crippen molar-refractivity contribution in [2.75, 3.05) is 5.75 Å². The maximum absolute atomic E-state index is 11.8. The Hall–Kier alpha value is -2.02. The highest BCUT2D eigenvalue weighted by molar-refractivity contribution is 7.99. The molecular weight excluding hydrogens is 451 g/mol. The normalized spacial score (nSPS) is 13.4. The number of hydrogen-bond donors (Lipinski definition) is 1. The van der Waals surface area contributed by atoms with Crippen LogP contribution in [0, 0.1) is 6.92 Å². The van der Waals surface area contributed by atoms with Gasteiger partial charge in [0.25, 0.3) is 0 Å². The first-order valence-electron chi connectivity index (χ1n) is 10.4. The summed E-state index contributed by atoms with van der Waals surface area (Å²) < 4.78 is 2.01. The van der Waals surface area contributed by atoms with Crippen molar-refractivity contribution in [1.29, 1.82) is 0 Å². The van der Waals surface area contributed by atoms with Gasteiger partial charge in [-0.2, -0.15) is 0 Å². The topological polar surface area (TPSA) is 59.8 Å². The Morgan fingerprint density at radius 2 is 1.87 bits per heavy atom. The molecule has 1 fully saturated rings. The Balaban J connectivity index is 1.49. The zero-order chi connectivity index (χ0) is 21.8. The van der Waals surface area contributed by atoms with Gasteiger partial charge in [-0.25, -0.2) is 0 Å². The number of aromatic nitrogens is 3. The van der Waals surface area contributed by atoms with Crippen molar-refractivity contribution < 1.29 is 4.79 Å². The third-order valence-corrected chi connectivity index (χ3v) is 6.83. The summed E-state index contributed by atoms with van der Waals surface area (Å²) in [4.78, 5) is 11.8. The molecule has 2 aromatic carbocycles. The molecule has 3 aromatic rings. The minimum atomic E-state index is 0.160. The van der Waals surface area contributed by atoms with E-state index in [4.69, 9.17) is 23.2 Å². The molecule has 0 unspecified atom stereocenters. The number of carbonyl (C=O) groups excluding carboxylic acids is 1. The maximum atomic E-state index is 11.8. The van der Waals surface area contributed by atoms with E-state index in [2.05, 4.69) is 34.6 Å². The lowest BCUT2D eigenvalue weighted by Gasteiger charge is -2.11. The second kappa shape index (κ2) is 10.1. The molecule has 0 radical (unpaired) electrons. The highest BCUT2D eigenvalue weighted by atomic mass is 35.5. The van der Waals surface area contributed by atoms with Gasteiger partial charge in [0.05, 0.1) is 15.7 Å². The van der Waals surface area contributed by atoms with Crippen LogP contribution in [0.3, 0.4) is 0 Å². The molecule has 8 heteroatoms. The number of carbonyl (C=O) groups is 1. The molecule has 162 valence electrons. The Kier molecular flexibility index (Phi) is 7.20. The van der Waals surface area contributed by atoms with E-state index in [9.17, 15) is 4.79 Å². The average molecular weight is 475 g/mol. The summed E-state index contributed by atoms with van der Waals surface area (Å²) in [5, 5.41) is 13.7. The minimum Gasteiger partial charge on any atom is -0.353 e. The number of aryl methyl sites for hydroxylation is 1. The number of nitrogens with zero attached hydrogens (tertiary/aromatic N) is 3. The van der Waals surface area contributed by atoms with Crippen LogP contribution in [0.2, 0.25) is 10.0 Å². The van der Waals surface area contributed by atoms with Gasteiger partial charge in [-0.05, 0) is 50.8 Å². The number of hydrogen-bond acceptors (Lipinski definition) is 4. The lowest BCUT2D eigenvalue weighted by Crippen LogP contribution is -2.24. The number of amides is 1. The van der Waals surface area contributed by atoms with Gasteiger partial charge in [0.1, 0.15) is 0 Å². The van der Waals surface area contributed by atoms with E-state index < -0.39 is 0 Å². The SMILES string of the molecule is Cc1ccc(-c2nnc(SCCCCC(=O)NC3CC3)n2-c2ccc(Cl)c(Cl)c2)cc1. The molecule has 1 amide bonds. The predicted octanol–water partition coefficient (Wildman–Crippen LogP) is 6.09. The monoisotopic (exact) mass is 474 g/mol. The molecule has 0 saturated heterocycles. The Bertz CT molecular complexity index is 1060. The largest absolute Gasteiger partial charge is 0.353 e. The molecule has 0 aliphatic heterocycles. The van der Waals surface area contributed by atoms with Crippen LogP contribution in [0.15, 0.2) is 47.6 Å². The van der Waals surface area contributed by atoms with Gasteiger partial charge in [0, 0.05) is 23.8 Å². The van der Waals surface area contributed by atoms with Gasteiger partial charge in [-0.1, -0.05) is 64.8 Å². The van der Waals surface area contributed by atoms with Crippen LogP contribution in [-0.2, 0) is 4.79 Å². The number of benzene rings is 2. The average Bonchev–Trinajstić information content (AvgIpc) is 3.47. The fourth-order valence-electron chi connectivity index (χ4n) is 3.19. The van der Waals surface area contributed by atoms with E-state index in [1.54, 1.807) is 17.8 Å². The summed E-state index contributed by atoms with van der Waals surface area (Å²) in [5.74, 6) is 1.77. The Morgan fingerprint density at radius 1 is 1.10 bits per heavy atom. The predicted molar refractivity (Wildman–Crippen MR) is 127 cm³/mol. The summed E-state index contributed by atoms with van der Waals surface area (Å²) in [6.45, 7) is 2.06. The number of unbranched alkanes of at least 4 members (excludes halogenated alkanes) is 1. The molecule has 1 aliphatic rings. The standard InChI is InChI=1S/C23H24Cl2N4OS/c1-15-5-7-16(8-6-15)22-27-28-23(29(22)18-11-12-19(24)20(25)14-18)31-13-3-2-4-21(30)26-17-9-10-17/h5-8,11-12,14,17H,2-4,9-10,13H2,1H3,(H,26,30). The smallest absolute Gasteiger partial charge is 0.220 e. The van der Waals surface area contributed by atoms with E-state index in [0.717, 1.165) is 53.7 Å². The quantitative estimate of drug-likeness (QED) is 0.301. The van der Waals surface area contributed by atoms with Crippen molar-refractivity contribution >= 4 is 40.9 Å². The Morgan fingerprint density at radius 3 is 2.58 bits per heavy atom. The van der Waals surface area contributed by atoms with Crippen molar-refractivity contribution in [3.8, 4) is 17.1 Å². The summed E-state index contributed by atoms with van der Waals surface area (Å²) in [6.07, 6.45) is 4.60. The molecule has 1 heterocycles. The minimum absolute atomic E-state index is 0.160. The third kappa shape index (κ3) is 5.82. The zero-order valence-electron chi connectivity index (χ0n) is 17.3. The lowest BCUT2D eigenvalue weighted by molar-refractivity contribution is -0.121. The van der Waals surface area contributed by atoms with Crippen LogP contribution >= 0.6 is 35.0 Å². The molecule has 0 spiro atoms. The molecule has 4 rings (SSSR count). The fraction of sp³-hybridized carbons (Fsp3) is 0.348. The molecule has 1 saturated carbocycles. The first-order chi connectivity index (χ1) is 15.0. The molecular formula is C23H24Cl2N4OS. The van der Waals surface area contributed by atoms with Crippen molar-refractivity contribution in [2.45, 2.75) is 50.2 Å². The molecule has 5 nitrogen and oxygen atoms in total. The van der Waals surface area contributed by atoms with Gasteiger partial charge < -0.3 is 5.32 Å². The van der Waals surface area contributed by atoms with Crippen molar-refractivity contribution in [3.05, 3.63) is 58.1 Å². The third-order valence-electron chi connectivity index (χ3n) is 5.08. The van der Waals surface area contributed by atoms with Crippen LogP contribution in [0.5, 0.6) is 0 Å². The first-order valence-corrected chi connectivity index (χ1v) is 12.2. The molecule has 1 N–H and O–H groups in total. The summed E-state index contributed by atoms with van der Waals surface area (Å²) in [6, 6.07) is 14.2. The number of nitrogens with one attached hydrogen (secondary N) is 1. The van der Waals surface area contributed by atoms with Crippen LogP contribution in [0.1, 0.15) is 37.7 Å². The number of thioether (sulfide) groups is 1. The second-order valence-electron chi connectivity index (χ2n) is 7.75. The zero-order valence-corrected chi connectivity index (χ0v) is 19.6. The van der Waals surface area contributed by atoms with Crippen LogP contribution in [0.4, 0.5) is 0 Å². The van der Waals surface area contributed by atoms with Crippen molar-refractivity contribution in [2.24, 2.45) is 0 Å². The van der Waals surface area contributed by atoms with Crippen LogP contribution < -0.4 is 5.32 Å². The van der Waals surface area contributed by atoms with Gasteiger partial charge in [-0.3, -0.25) is 9.36 Å². The van der Waals surface area contributed by atoms with Gasteiger partial charge >= 0.3 is 0 Å².